The zero-order valence-electron chi connectivity index (χ0n) is 9.76. The van der Waals surface area contributed by atoms with Crippen molar-refractivity contribution in [3.05, 3.63) is 63.8 Å². The van der Waals surface area contributed by atoms with Crippen LogP contribution in [0.1, 0.15) is 0 Å². The zero-order valence-corrected chi connectivity index (χ0v) is 10.5. The van der Waals surface area contributed by atoms with E-state index in [9.17, 15) is 9.90 Å². The Hall–Kier alpha value is -2.26. The monoisotopic (exact) mass is 272 g/mol. The number of halogens is 1. The number of hydrogen-bond donors (Lipinski definition) is 1. The fourth-order valence-electron chi connectivity index (χ4n) is 1.93. The lowest BCUT2D eigenvalue weighted by molar-refractivity contribution is 0.449. The fourth-order valence-corrected chi connectivity index (χ4v) is 2.06. The van der Waals surface area contributed by atoms with Crippen LogP contribution in [0, 0.1) is 0 Å². The molecule has 4 heteroatoms. The Bertz CT molecular complexity index is 804. The Labute approximate surface area is 113 Å². The first kappa shape index (κ1) is 11.8. The second-order valence-corrected chi connectivity index (χ2v) is 4.55. The van der Waals surface area contributed by atoms with Crippen molar-refractivity contribution in [1.29, 1.82) is 0 Å². The molecule has 1 heterocycles. The van der Waals surface area contributed by atoms with E-state index in [-0.39, 0.29) is 11.5 Å². The van der Waals surface area contributed by atoms with Crippen molar-refractivity contribution >= 4 is 22.6 Å². The van der Waals surface area contributed by atoms with E-state index in [1.54, 1.807) is 48.5 Å². The van der Waals surface area contributed by atoms with Crippen LogP contribution in [0.4, 0.5) is 0 Å². The van der Waals surface area contributed by atoms with Crippen molar-refractivity contribution in [3.8, 4) is 17.1 Å². The summed E-state index contributed by atoms with van der Waals surface area (Å²) in [5.74, 6) is -0.235. The predicted molar refractivity (Wildman–Crippen MR) is 74.6 cm³/mol. The van der Waals surface area contributed by atoms with Crippen LogP contribution in [0.2, 0.25) is 5.02 Å². The largest absolute Gasteiger partial charge is 0.502 e. The van der Waals surface area contributed by atoms with Gasteiger partial charge in [0.25, 0.3) is 0 Å². The Morgan fingerprint density at radius 2 is 1.68 bits per heavy atom. The number of hydrogen-bond acceptors (Lipinski definition) is 3. The second kappa shape index (κ2) is 4.44. The van der Waals surface area contributed by atoms with Crippen molar-refractivity contribution in [2.45, 2.75) is 0 Å². The summed E-state index contributed by atoms with van der Waals surface area (Å²) in [6.45, 7) is 0. The third-order valence-corrected chi connectivity index (χ3v) is 3.13. The van der Waals surface area contributed by atoms with Crippen LogP contribution in [-0.2, 0) is 0 Å². The third kappa shape index (κ3) is 1.98. The molecule has 1 N–H and O–H groups in total. The Kier molecular flexibility index (Phi) is 2.76. The Balaban J connectivity index is 2.33. The van der Waals surface area contributed by atoms with Gasteiger partial charge in [0.2, 0.25) is 11.2 Å². The lowest BCUT2D eigenvalue weighted by atomic mass is 10.1. The van der Waals surface area contributed by atoms with Gasteiger partial charge in [0.15, 0.2) is 5.76 Å². The standard InChI is InChI=1S/C15H9ClO3/c16-10-7-5-9(6-8-10)15-14(18)13(17)11-3-1-2-4-12(11)19-15/h1-8,18H. The molecule has 0 fully saturated rings. The maximum atomic E-state index is 12.1. The topological polar surface area (TPSA) is 50.4 Å². The highest BCUT2D eigenvalue weighted by Crippen LogP contribution is 2.30. The normalized spacial score (nSPS) is 10.8. The van der Waals surface area contributed by atoms with Crippen molar-refractivity contribution in [1.82, 2.24) is 0 Å². The van der Waals surface area contributed by atoms with Crippen molar-refractivity contribution in [2.75, 3.05) is 0 Å². The number of benzene rings is 2. The van der Waals surface area contributed by atoms with Gasteiger partial charge in [0, 0.05) is 10.6 Å². The van der Waals surface area contributed by atoms with Gasteiger partial charge in [-0.2, -0.15) is 0 Å². The summed E-state index contributed by atoms with van der Waals surface area (Å²) < 4.78 is 5.61. The van der Waals surface area contributed by atoms with Crippen LogP contribution >= 0.6 is 11.6 Å². The number of aromatic hydroxyl groups is 1. The van der Waals surface area contributed by atoms with Gasteiger partial charge in [-0.25, -0.2) is 0 Å². The minimum Gasteiger partial charge on any atom is -0.502 e. The molecule has 0 atom stereocenters. The molecule has 0 aliphatic rings. The molecular formula is C15H9ClO3. The Morgan fingerprint density at radius 3 is 2.42 bits per heavy atom. The number of para-hydroxylation sites is 1. The summed E-state index contributed by atoms with van der Waals surface area (Å²) in [6, 6.07) is 13.5. The molecule has 0 saturated heterocycles. The highest BCUT2D eigenvalue weighted by molar-refractivity contribution is 6.30. The lowest BCUT2D eigenvalue weighted by Gasteiger charge is -2.05. The van der Waals surface area contributed by atoms with Gasteiger partial charge in [-0.3, -0.25) is 4.79 Å². The molecule has 3 aromatic rings. The van der Waals surface area contributed by atoms with Gasteiger partial charge in [0.1, 0.15) is 5.58 Å². The average molecular weight is 273 g/mol. The molecule has 0 spiro atoms. The van der Waals surface area contributed by atoms with Gasteiger partial charge in [0.05, 0.1) is 5.39 Å². The molecule has 3 nitrogen and oxygen atoms in total. The van der Waals surface area contributed by atoms with E-state index in [1.807, 2.05) is 0 Å². The first-order chi connectivity index (χ1) is 9.16. The molecule has 0 amide bonds. The summed E-state index contributed by atoms with van der Waals surface area (Å²) in [5.41, 5.74) is 0.604. The first-order valence-corrected chi connectivity index (χ1v) is 6.05. The van der Waals surface area contributed by atoms with Crippen LogP contribution < -0.4 is 5.43 Å². The predicted octanol–water partition coefficient (Wildman–Crippen LogP) is 3.82. The zero-order chi connectivity index (χ0) is 13.4. The highest BCUT2D eigenvalue weighted by atomic mass is 35.5. The van der Waals surface area contributed by atoms with Crippen LogP contribution in [0.3, 0.4) is 0 Å². The van der Waals surface area contributed by atoms with E-state index >= 15 is 0 Å². The van der Waals surface area contributed by atoms with E-state index in [2.05, 4.69) is 0 Å². The van der Waals surface area contributed by atoms with E-state index < -0.39 is 5.43 Å². The second-order valence-electron chi connectivity index (χ2n) is 4.11. The van der Waals surface area contributed by atoms with E-state index in [4.69, 9.17) is 16.0 Å². The van der Waals surface area contributed by atoms with Crippen LogP contribution in [0.15, 0.2) is 57.7 Å². The summed E-state index contributed by atoms with van der Waals surface area (Å²) in [5, 5.41) is 10.9. The molecule has 3 rings (SSSR count). The maximum absolute atomic E-state index is 12.1. The van der Waals surface area contributed by atoms with Crippen molar-refractivity contribution in [3.63, 3.8) is 0 Å². The summed E-state index contributed by atoms with van der Waals surface area (Å²) in [4.78, 5) is 12.1. The first-order valence-electron chi connectivity index (χ1n) is 5.67. The average Bonchev–Trinajstić information content (AvgIpc) is 2.44. The summed E-state index contributed by atoms with van der Waals surface area (Å²) in [6.07, 6.45) is 0. The molecule has 1 aromatic heterocycles. The molecule has 19 heavy (non-hydrogen) atoms. The minimum atomic E-state index is -0.438. The molecule has 0 bridgehead atoms. The number of rotatable bonds is 1. The van der Waals surface area contributed by atoms with Gasteiger partial charge in [-0.1, -0.05) is 23.7 Å². The SMILES string of the molecule is O=c1c(O)c(-c2ccc(Cl)cc2)oc2ccccc12. The van der Waals surface area contributed by atoms with Gasteiger partial charge in [-0.15, -0.1) is 0 Å². The number of fused-ring (bicyclic) bond motifs is 1. The fraction of sp³-hybridized carbons (Fsp3) is 0. The molecule has 0 radical (unpaired) electrons. The van der Waals surface area contributed by atoms with Gasteiger partial charge < -0.3 is 9.52 Å². The molecule has 0 unspecified atom stereocenters. The molecular weight excluding hydrogens is 264 g/mol. The third-order valence-electron chi connectivity index (χ3n) is 2.88. The minimum absolute atomic E-state index is 0.153. The maximum Gasteiger partial charge on any atom is 0.235 e. The molecule has 0 aliphatic heterocycles. The highest BCUT2D eigenvalue weighted by Gasteiger charge is 2.14. The van der Waals surface area contributed by atoms with E-state index in [0.717, 1.165) is 0 Å². The molecule has 2 aromatic carbocycles. The summed E-state index contributed by atoms with van der Waals surface area (Å²) >= 11 is 5.81. The Morgan fingerprint density at radius 1 is 1.00 bits per heavy atom. The van der Waals surface area contributed by atoms with Crippen LogP contribution in [-0.4, -0.2) is 5.11 Å². The molecule has 0 saturated carbocycles. The quantitative estimate of drug-likeness (QED) is 0.733. The summed E-state index contributed by atoms with van der Waals surface area (Å²) in [7, 11) is 0. The molecule has 94 valence electrons. The molecule has 0 aliphatic carbocycles. The lowest BCUT2D eigenvalue weighted by Crippen LogP contribution is -2.02. The van der Waals surface area contributed by atoms with Crippen molar-refractivity contribution < 1.29 is 9.52 Å². The van der Waals surface area contributed by atoms with Crippen LogP contribution in [0.5, 0.6) is 5.75 Å². The van der Waals surface area contributed by atoms with Gasteiger partial charge in [-0.05, 0) is 36.4 Å². The van der Waals surface area contributed by atoms with Crippen molar-refractivity contribution in [2.24, 2.45) is 0 Å². The smallest absolute Gasteiger partial charge is 0.235 e. The van der Waals surface area contributed by atoms with E-state index in [0.29, 0.717) is 21.6 Å². The van der Waals surface area contributed by atoms with Gasteiger partial charge >= 0.3 is 0 Å². The van der Waals surface area contributed by atoms with Crippen LogP contribution in [0.25, 0.3) is 22.3 Å². The van der Waals surface area contributed by atoms with E-state index in [1.165, 1.54) is 0 Å².